The Kier molecular flexibility index (Phi) is 3.04. The zero-order valence-corrected chi connectivity index (χ0v) is 9.68. The van der Waals surface area contributed by atoms with Gasteiger partial charge in [0.15, 0.2) is 11.5 Å². The molecule has 0 aliphatic rings. The van der Waals surface area contributed by atoms with Crippen molar-refractivity contribution in [1.82, 2.24) is 5.16 Å². The summed E-state index contributed by atoms with van der Waals surface area (Å²) in [5.74, 6) is -3.31. The van der Waals surface area contributed by atoms with Crippen molar-refractivity contribution in [3.05, 3.63) is 40.8 Å². The first-order valence-corrected chi connectivity index (χ1v) is 5.14. The number of benzene rings is 1. The van der Waals surface area contributed by atoms with Gasteiger partial charge in [0.05, 0.1) is 5.56 Å². The molecule has 1 aromatic carbocycles. The van der Waals surface area contributed by atoms with Crippen LogP contribution < -0.4 is 0 Å². The maximum atomic E-state index is 13.6. The minimum absolute atomic E-state index is 0.00535. The van der Waals surface area contributed by atoms with E-state index in [1.165, 1.54) is 13.0 Å². The predicted molar refractivity (Wildman–Crippen MR) is 60.6 cm³/mol. The topological polar surface area (TPSA) is 101 Å². The summed E-state index contributed by atoms with van der Waals surface area (Å²) < 4.78 is 18.4. The van der Waals surface area contributed by atoms with E-state index in [-0.39, 0.29) is 28.1 Å². The highest BCUT2D eigenvalue weighted by Crippen LogP contribution is 2.25. The summed E-state index contributed by atoms with van der Waals surface area (Å²) >= 11 is 0. The molecule has 19 heavy (non-hydrogen) atoms. The van der Waals surface area contributed by atoms with E-state index < -0.39 is 17.8 Å². The molecule has 1 heterocycles. The third kappa shape index (κ3) is 2.30. The van der Waals surface area contributed by atoms with E-state index in [1.807, 2.05) is 0 Å². The maximum Gasteiger partial charge on any atom is 0.358 e. The normalized spacial score (nSPS) is 10.4. The second-order valence-corrected chi connectivity index (χ2v) is 3.82. The van der Waals surface area contributed by atoms with E-state index in [4.69, 9.17) is 14.7 Å². The van der Waals surface area contributed by atoms with Gasteiger partial charge in [-0.25, -0.2) is 14.0 Å². The summed E-state index contributed by atoms with van der Waals surface area (Å²) in [4.78, 5) is 21.6. The quantitative estimate of drug-likeness (QED) is 0.882. The Bertz CT molecular complexity index is 677. The monoisotopic (exact) mass is 265 g/mol. The van der Waals surface area contributed by atoms with Crippen molar-refractivity contribution in [2.45, 2.75) is 6.92 Å². The Balaban J connectivity index is 2.56. The van der Waals surface area contributed by atoms with E-state index in [1.54, 1.807) is 0 Å². The lowest BCUT2D eigenvalue weighted by atomic mass is 10.0. The van der Waals surface area contributed by atoms with Crippen LogP contribution >= 0.6 is 0 Å². The number of hydrogen-bond donors (Lipinski definition) is 2. The molecule has 0 saturated heterocycles. The Hall–Kier alpha value is -2.70. The van der Waals surface area contributed by atoms with Crippen molar-refractivity contribution in [3.8, 4) is 11.3 Å². The summed E-state index contributed by atoms with van der Waals surface area (Å²) in [6, 6.07) is 3.36. The minimum Gasteiger partial charge on any atom is -0.478 e. The van der Waals surface area contributed by atoms with Gasteiger partial charge in [-0.05, 0) is 24.6 Å². The van der Waals surface area contributed by atoms with Gasteiger partial charge in [0, 0.05) is 11.6 Å². The van der Waals surface area contributed by atoms with Gasteiger partial charge in [0.25, 0.3) is 0 Å². The summed E-state index contributed by atoms with van der Waals surface area (Å²) in [6.45, 7) is 1.34. The second kappa shape index (κ2) is 4.52. The van der Waals surface area contributed by atoms with E-state index in [2.05, 4.69) is 5.16 Å². The van der Waals surface area contributed by atoms with Crippen LogP contribution in [0.25, 0.3) is 11.3 Å². The van der Waals surface area contributed by atoms with Gasteiger partial charge in [0.2, 0.25) is 0 Å². The van der Waals surface area contributed by atoms with Gasteiger partial charge < -0.3 is 14.7 Å². The molecule has 7 heteroatoms. The molecule has 0 saturated carbocycles. The third-order valence-electron chi connectivity index (χ3n) is 2.59. The highest BCUT2D eigenvalue weighted by atomic mass is 19.1. The molecule has 0 aliphatic heterocycles. The molecule has 0 fully saturated rings. The average molecular weight is 265 g/mol. The molecule has 2 aromatic rings. The Labute approximate surface area is 106 Å². The fourth-order valence-corrected chi connectivity index (χ4v) is 1.56. The maximum absolute atomic E-state index is 13.6. The van der Waals surface area contributed by atoms with Crippen molar-refractivity contribution in [3.63, 3.8) is 0 Å². The summed E-state index contributed by atoms with van der Waals surface area (Å²) in [5, 5.41) is 20.9. The highest BCUT2D eigenvalue weighted by Gasteiger charge is 2.17. The number of nitrogens with zero attached hydrogens (tertiary/aromatic N) is 1. The molecule has 0 atom stereocenters. The lowest BCUT2D eigenvalue weighted by molar-refractivity contribution is 0.0679. The van der Waals surface area contributed by atoms with E-state index in [9.17, 15) is 14.0 Å². The summed E-state index contributed by atoms with van der Waals surface area (Å²) in [6.07, 6.45) is 0. The van der Waals surface area contributed by atoms with Crippen LogP contribution in [0.1, 0.15) is 26.4 Å². The summed E-state index contributed by atoms with van der Waals surface area (Å²) in [7, 11) is 0. The molecule has 0 bridgehead atoms. The predicted octanol–water partition coefficient (Wildman–Crippen LogP) is 2.19. The summed E-state index contributed by atoms with van der Waals surface area (Å²) in [5.41, 5.74) is -0.453. The second-order valence-electron chi connectivity index (χ2n) is 3.82. The number of carboxylic acids is 2. The van der Waals surface area contributed by atoms with Gasteiger partial charge >= 0.3 is 11.9 Å². The molecule has 0 spiro atoms. The average Bonchev–Trinajstić information content (AvgIpc) is 2.81. The van der Waals surface area contributed by atoms with Gasteiger partial charge in [0.1, 0.15) is 5.82 Å². The van der Waals surface area contributed by atoms with Crippen LogP contribution in [0.15, 0.2) is 22.7 Å². The fourth-order valence-electron chi connectivity index (χ4n) is 1.56. The lowest BCUT2D eigenvalue weighted by Gasteiger charge is -2.04. The first-order valence-electron chi connectivity index (χ1n) is 5.14. The fraction of sp³-hybridized carbons (Fsp3) is 0.0833. The molecule has 2 N–H and O–H groups in total. The van der Waals surface area contributed by atoms with Crippen LogP contribution in [0.4, 0.5) is 4.39 Å². The van der Waals surface area contributed by atoms with Crippen LogP contribution in [-0.4, -0.2) is 27.3 Å². The van der Waals surface area contributed by atoms with Gasteiger partial charge in [-0.3, -0.25) is 0 Å². The minimum atomic E-state index is -1.29. The first-order chi connectivity index (χ1) is 8.90. The van der Waals surface area contributed by atoms with E-state index in [0.29, 0.717) is 0 Å². The number of aromatic carboxylic acids is 2. The van der Waals surface area contributed by atoms with Crippen LogP contribution in [0.3, 0.4) is 0 Å². The van der Waals surface area contributed by atoms with Crippen molar-refractivity contribution in [1.29, 1.82) is 0 Å². The molecule has 6 nitrogen and oxygen atoms in total. The number of halogens is 1. The molecule has 0 amide bonds. The number of carbonyl (C=O) groups is 2. The largest absolute Gasteiger partial charge is 0.478 e. The zero-order valence-electron chi connectivity index (χ0n) is 9.68. The molecule has 2 rings (SSSR count). The SMILES string of the molecule is Cc1c(F)cc(-c2cc(C(=O)O)no2)cc1C(=O)O. The van der Waals surface area contributed by atoms with Crippen LogP contribution in [0.5, 0.6) is 0 Å². The Morgan fingerprint density at radius 2 is 1.89 bits per heavy atom. The number of aromatic nitrogens is 1. The van der Waals surface area contributed by atoms with E-state index >= 15 is 0 Å². The molecule has 0 aliphatic carbocycles. The third-order valence-corrected chi connectivity index (χ3v) is 2.59. The molecule has 0 unspecified atom stereocenters. The Morgan fingerprint density at radius 1 is 1.21 bits per heavy atom. The molecular formula is C12H8FNO5. The van der Waals surface area contributed by atoms with Crippen LogP contribution in [-0.2, 0) is 0 Å². The van der Waals surface area contributed by atoms with Crippen molar-refractivity contribution >= 4 is 11.9 Å². The Morgan fingerprint density at radius 3 is 2.42 bits per heavy atom. The highest BCUT2D eigenvalue weighted by molar-refractivity contribution is 5.91. The van der Waals surface area contributed by atoms with Crippen LogP contribution in [0.2, 0.25) is 0 Å². The molecule has 98 valence electrons. The first kappa shape index (κ1) is 12.7. The van der Waals surface area contributed by atoms with Gasteiger partial charge in [-0.1, -0.05) is 5.16 Å². The van der Waals surface area contributed by atoms with Crippen molar-refractivity contribution in [2.24, 2.45) is 0 Å². The molecule has 1 aromatic heterocycles. The zero-order chi connectivity index (χ0) is 14.2. The standard InChI is InChI=1S/C12H8FNO5/c1-5-7(11(15)16)2-6(3-8(5)13)10-4-9(12(17)18)14-19-10/h2-4H,1H3,(H,15,16)(H,17,18). The number of rotatable bonds is 3. The van der Waals surface area contributed by atoms with E-state index in [0.717, 1.165) is 12.1 Å². The van der Waals surface area contributed by atoms with Crippen LogP contribution in [0, 0.1) is 12.7 Å². The van der Waals surface area contributed by atoms with Gasteiger partial charge in [-0.2, -0.15) is 0 Å². The molecule has 0 radical (unpaired) electrons. The van der Waals surface area contributed by atoms with Crippen molar-refractivity contribution in [2.75, 3.05) is 0 Å². The van der Waals surface area contributed by atoms with Gasteiger partial charge in [-0.15, -0.1) is 0 Å². The smallest absolute Gasteiger partial charge is 0.358 e. The molecular weight excluding hydrogens is 257 g/mol. The lowest BCUT2D eigenvalue weighted by Crippen LogP contribution is -2.02. The number of hydrogen-bond acceptors (Lipinski definition) is 4. The number of carboxylic acid groups (broad SMARTS) is 2. The van der Waals surface area contributed by atoms with Crippen molar-refractivity contribution < 1.29 is 28.7 Å².